The highest BCUT2D eigenvalue weighted by molar-refractivity contribution is 7.54. The molecule has 2 aromatic carbocycles. The summed E-state index contributed by atoms with van der Waals surface area (Å²) in [6.07, 6.45) is 1.03. The first kappa shape index (κ1) is 22.5. The van der Waals surface area contributed by atoms with Crippen LogP contribution in [0.3, 0.4) is 0 Å². The van der Waals surface area contributed by atoms with Gasteiger partial charge in [0.25, 0.3) is 11.8 Å². The van der Waals surface area contributed by atoms with Gasteiger partial charge in [-0.1, -0.05) is 17.3 Å². The van der Waals surface area contributed by atoms with Gasteiger partial charge in [0.05, 0.1) is 23.9 Å². The van der Waals surface area contributed by atoms with Crippen LogP contribution in [0.5, 0.6) is 5.75 Å². The average molecular weight is 445 g/mol. The van der Waals surface area contributed by atoms with E-state index < -0.39 is 7.60 Å². The molecule has 0 fully saturated rings. The predicted molar refractivity (Wildman–Crippen MR) is 115 cm³/mol. The summed E-state index contributed by atoms with van der Waals surface area (Å²) in [4.78, 5) is 26.0. The van der Waals surface area contributed by atoms with E-state index in [1.807, 2.05) is 0 Å². The van der Waals surface area contributed by atoms with Gasteiger partial charge in [0.15, 0.2) is 5.84 Å². The number of unbranched alkanes of at least 4 members (excludes halogenated alkanes) is 1. The topological polar surface area (TPSA) is 132 Å². The number of hydrogen-bond acceptors (Lipinski definition) is 7. The quantitative estimate of drug-likeness (QED) is 0.109. The molecule has 0 saturated heterocycles. The van der Waals surface area contributed by atoms with Crippen molar-refractivity contribution >= 4 is 25.2 Å². The number of oxime groups is 1. The van der Waals surface area contributed by atoms with Crippen LogP contribution in [0.1, 0.15) is 46.0 Å². The number of amidine groups is 1. The molecule has 2 aromatic rings. The second-order valence-corrected chi connectivity index (χ2v) is 8.98. The molecule has 3 N–H and O–H groups in total. The zero-order valence-electron chi connectivity index (χ0n) is 17.1. The van der Waals surface area contributed by atoms with Crippen LogP contribution in [0.25, 0.3) is 0 Å². The summed E-state index contributed by atoms with van der Waals surface area (Å²) in [6, 6.07) is 13.0. The summed E-state index contributed by atoms with van der Waals surface area (Å²) in [6.45, 7) is 2.15. The van der Waals surface area contributed by atoms with Crippen molar-refractivity contribution in [2.45, 2.75) is 19.8 Å². The van der Waals surface area contributed by atoms with Gasteiger partial charge in [0, 0.05) is 12.1 Å². The minimum atomic E-state index is -3.44. The molecule has 2 amide bonds. The largest absolute Gasteiger partial charge is 0.424 e. The molecule has 1 aliphatic heterocycles. The summed E-state index contributed by atoms with van der Waals surface area (Å²) in [5.41, 5.74) is 6.83. The zero-order chi connectivity index (χ0) is 22.4. The van der Waals surface area contributed by atoms with Gasteiger partial charge in [-0.05, 0) is 56.2 Å². The van der Waals surface area contributed by atoms with Crippen molar-refractivity contribution in [3.63, 3.8) is 0 Å². The van der Waals surface area contributed by atoms with E-state index >= 15 is 0 Å². The van der Waals surface area contributed by atoms with Crippen molar-refractivity contribution in [1.82, 2.24) is 4.90 Å². The first-order valence-corrected chi connectivity index (χ1v) is 11.6. The van der Waals surface area contributed by atoms with Gasteiger partial charge < -0.3 is 20.0 Å². The molecule has 0 saturated carbocycles. The molecular weight excluding hydrogens is 421 g/mol. The molecule has 1 unspecified atom stereocenters. The van der Waals surface area contributed by atoms with Crippen LogP contribution < -0.4 is 10.3 Å². The molecule has 10 heteroatoms. The van der Waals surface area contributed by atoms with Crippen LogP contribution in [-0.4, -0.2) is 47.1 Å². The molecule has 1 aliphatic rings. The highest BCUT2D eigenvalue weighted by atomic mass is 31.2. The standard InChI is InChI=1S/C21H24N3O6P/c1-2-29-31(28,30-16-11-9-15(10-12-16)19(22)23-27)14-6-5-13-24-20(25)17-7-3-4-8-18(17)21(24)26/h3-4,7-12,27H,2,5-6,13-14H2,1H3,(H2,22,23). The van der Waals surface area contributed by atoms with Crippen molar-refractivity contribution in [2.75, 3.05) is 19.3 Å². The Morgan fingerprint density at radius 1 is 1.06 bits per heavy atom. The normalized spacial score (nSPS) is 15.6. The lowest BCUT2D eigenvalue weighted by molar-refractivity contribution is 0.0652. The number of hydrogen-bond donors (Lipinski definition) is 2. The van der Waals surface area contributed by atoms with Crippen LogP contribution in [0, 0.1) is 0 Å². The lowest BCUT2D eigenvalue weighted by Gasteiger charge is -2.19. The van der Waals surface area contributed by atoms with Crippen molar-refractivity contribution in [2.24, 2.45) is 10.9 Å². The minimum absolute atomic E-state index is 0.0484. The second kappa shape index (κ2) is 9.76. The third-order valence-electron chi connectivity index (χ3n) is 4.77. The van der Waals surface area contributed by atoms with Crippen LogP contribution in [-0.2, 0) is 9.09 Å². The van der Waals surface area contributed by atoms with Crippen LogP contribution in [0.4, 0.5) is 0 Å². The van der Waals surface area contributed by atoms with Crippen molar-refractivity contribution in [3.8, 4) is 5.75 Å². The smallest absolute Gasteiger partial charge is 0.379 e. The fourth-order valence-corrected chi connectivity index (χ4v) is 4.98. The van der Waals surface area contributed by atoms with E-state index in [0.717, 1.165) is 0 Å². The average Bonchev–Trinajstić information content (AvgIpc) is 3.01. The number of amides is 2. The first-order valence-electron chi connectivity index (χ1n) is 9.85. The molecule has 9 nitrogen and oxygen atoms in total. The van der Waals surface area contributed by atoms with Gasteiger partial charge in [0.1, 0.15) is 5.75 Å². The fraction of sp³-hybridized carbons (Fsp3) is 0.286. The molecule has 1 heterocycles. The molecule has 0 bridgehead atoms. The first-order chi connectivity index (χ1) is 14.9. The highest BCUT2D eigenvalue weighted by Gasteiger charge is 2.34. The number of carbonyl (C=O) groups is 2. The number of carbonyl (C=O) groups excluding carboxylic acids is 2. The maximum Gasteiger partial charge on any atom is 0.379 e. The Balaban J connectivity index is 1.56. The molecule has 0 radical (unpaired) electrons. The van der Waals surface area contributed by atoms with Crippen LogP contribution in [0.2, 0.25) is 0 Å². The van der Waals surface area contributed by atoms with E-state index in [1.54, 1.807) is 55.5 Å². The number of rotatable bonds is 10. The molecule has 0 aliphatic carbocycles. The van der Waals surface area contributed by atoms with E-state index in [4.69, 9.17) is 20.0 Å². The van der Waals surface area contributed by atoms with Gasteiger partial charge >= 0.3 is 7.60 Å². The summed E-state index contributed by atoms with van der Waals surface area (Å²) in [5, 5.41) is 11.6. The lowest BCUT2D eigenvalue weighted by Crippen LogP contribution is -2.30. The van der Waals surface area contributed by atoms with Crippen LogP contribution in [0.15, 0.2) is 53.7 Å². The van der Waals surface area contributed by atoms with E-state index in [2.05, 4.69) is 5.16 Å². The molecule has 31 heavy (non-hydrogen) atoms. The molecule has 3 rings (SSSR count). The number of fused-ring (bicyclic) bond motifs is 1. The van der Waals surface area contributed by atoms with Crippen molar-refractivity contribution in [3.05, 3.63) is 65.2 Å². The fourth-order valence-electron chi connectivity index (χ4n) is 3.26. The Hall–Kier alpha value is -3.16. The molecule has 164 valence electrons. The summed E-state index contributed by atoms with van der Waals surface area (Å²) in [5.74, 6) is -0.342. The predicted octanol–water partition coefficient (Wildman–Crippen LogP) is 3.47. The summed E-state index contributed by atoms with van der Waals surface area (Å²) >= 11 is 0. The maximum absolute atomic E-state index is 13.1. The van der Waals surface area contributed by atoms with Gasteiger partial charge in [-0.3, -0.25) is 14.5 Å². The van der Waals surface area contributed by atoms with E-state index in [1.165, 1.54) is 4.90 Å². The number of nitrogens with two attached hydrogens (primary N) is 1. The Bertz CT molecular complexity index is 1000. The van der Waals surface area contributed by atoms with Gasteiger partial charge in [0.2, 0.25) is 0 Å². The zero-order valence-corrected chi connectivity index (χ0v) is 18.0. The summed E-state index contributed by atoms with van der Waals surface area (Å²) < 4.78 is 24.1. The SMILES string of the molecule is CCOP(=O)(CCCCN1C(=O)c2ccccc2C1=O)Oc1ccc(/C(N)=N/O)cc1. The lowest BCUT2D eigenvalue weighted by atomic mass is 10.1. The van der Waals surface area contributed by atoms with E-state index in [-0.39, 0.29) is 37.0 Å². The Kier molecular flexibility index (Phi) is 7.09. The maximum atomic E-state index is 13.1. The van der Waals surface area contributed by atoms with Gasteiger partial charge in [-0.15, -0.1) is 0 Å². The molecule has 0 spiro atoms. The van der Waals surface area contributed by atoms with Crippen molar-refractivity contribution in [1.29, 1.82) is 0 Å². The monoisotopic (exact) mass is 445 g/mol. The van der Waals surface area contributed by atoms with E-state index in [0.29, 0.717) is 35.3 Å². The number of benzene rings is 2. The van der Waals surface area contributed by atoms with Gasteiger partial charge in [-0.25, -0.2) is 4.57 Å². The van der Waals surface area contributed by atoms with Crippen molar-refractivity contribution < 1.29 is 28.4 Å². The second-order valence-electron chi connectivity index (χ2n) is 6.87. The highest BCUT2D eigenvalue weighted by Crippen LogP contribution is 2.49. The third-order valence-corrected chi connectivity index (χ3v) is 6.77. The third kappa shape index (κ3) is 5.13. The van der Waals surface area contributed by atoms with Crippen LogP contribution >= 0.6 is 7.60 Å². The minimum Gasteiger partial charge on any atom is -0.424 e. The molecule has 1 atom stereocenters. The Morgan fingerprint density at radius 3 is 2.23 bits per heavy atom. The van der Waals surface area contributed by atoms with E-state index in [9.17, 15) is 14.2 Å². The Morgan fingerprint density at radius 2 is 1.68 bits per heavy atom. The molecular formula is C21H24N3O6P. The van der Waals surface area contributed by atoms with Gasteiger partial charge in [-0.2, -0.15) is 0 Å². The number of imide groups is 1. The molecule has 0 aromatic heterocycles. The summed E-state index contributed by atoms with van der Waals surface area (Å²) in [7, 11) is -3.44. The number of nitrogens with zero attached hydrogens (tertiary/aromatic N) is 2. The Labute approximate surface area is 180 Å².